The Bertz CT molecular complexity index is 1150. The Labute approximate surface area is 179 Å². The molecule has 0 fully saturated rings. The van der Waals surface area contributed by atoms with E-state index in [1.54, 1.807) is 25.6 Å². The van der Waals surface area contributed by atoms with Crippen LogP contribution < -0.4 is 10.1 Å². The van der Waals surface area contributed by atoms with Gasteiger partial charge in [-0.25, -0.2) is 9.98 Å². The van der Waals surface area contributed by atoms with Gasteiger partial charge in [0.1, 0.15) is 16.4 Å². The smallest absolute Gasteiger partial charge is 0.259 e. The van der Waals surface area contributed by atoms with Crippen molar-refractivity contribution in [1.29, 1.82) is 0 Å². The first kappa shape index (κ1) is 21.3. The van der Waals surface area contributed by atoms with E-state index >= 15 is 0 Å². The largest absolute Gasteiger partial charge is 0.494 e. The molecular formula is C22H23N5O2S. The van der Waals surface area contributed by atoms with E-state index in [0.29, 0.717) is 32.7 Å². The number of nitrogens with zero attached hydrogens (tertiary/aromatic N) is 4. The van der Waals surface area contributed by atoms with Crippen LogP contribution in [0.4, 0.5) is 10.1 Å². The zero-order chi connectivity index (χ0) is 21.8. The molecular weight excluding hydrogens is 398 g/mol. The van der Waals surface area contributed by atoms with Gasteiger partial charge in [-0.2, -0.15) is 0 Å². The third-order valence-electron chi connectivity index (χ3n) is 4.17. The first-order valence-corrected chi connectivity index (χ1v) is 10.1. The Morgan fingerprint density at radius 2 is 1.83 bits per heavy atom. The molecule has 0 aliphatic rings. The summed E-state index contributed by atoms with van der Waals surface area (Å²) >= 11 is 1.29. The summed E-state index contributed by atoms with van der Waals surface area (Å²) in [5, 5.41) is 4.01. The SMILES string of the molecule is C=Cc1nc(NC(=O)c2cnc(C)cc2-c2cc(C)ncc2OC)sc1N=C(C)C. The molecule has 3 rings (SSSR count). The average Bonchev–Trinajstić information content (AvgIpc) is 3.08. The highest BCUT2D eigenvalue weighted by molar-refractivity contribution is 7.19. The topological polar surface area (TPSA) is 89.4 Å². The third-order valence-corrected chi connectivity index (χ3v) is 5.05. The fourth-order valence-electron chi connectivity index (χ4n) is 2.84. The normalized spacial score (nSPS) is 10.4. The number of ether oxygens (including phenoxy) is 1. The van der Waals surface area contributed by atoms with Crippen LogP contribution in [0.5, 0.6) is 5.75 Å². The van der Waals surface area contributed by atoms with E-state index in [1.807, 2.05) is 39.8 Å². The maximum absolute atomic E-state index is 13.1. The third kappa shape index (κ3) is 4.60. The van der Waals surface area contributed by atoms with Crippen LogP contribution in [0.15, 0.2) is 36.1 Å². The van der Waals surface area contributed by atoms with Crippen molar-refractivity contribution in [2.75, 3.05) is 12.4 Å². The zero-order valence-corrected chi connectivity index (χ0v) is 18.4. The Morgan fingerprint density at radius 1 is 1.17 bits per heavy atom. The molecule has 0 aliphatic carbocycles. The summed E-state index contributed by atoms with van der Waals surface area (Å²) in [4.78, 5) is 30.6. The fraction of sp³-hybridized carbons (Fsp3) is 0.227. The van der Waals surface area contributed by atoms with Crippen LogP contribution in [0.3, 0.4) is 0 Å². The van der Waals surface area contributed by atoms with E-state index in [2.05, 4.69) is 31.8 Å². The highest BCUT2D eigenvalue weighted by atomic mass is 32.1. The Morgan fingerprint density at radius 3 is 2.47 bits per heavy atom. The number of carbonyl (C=O) groups is 1. The quantitative estimate of drug-likeness (QED) is 0.550. The van der Waals surface area contributed by atoms with Crippen LogP contribution in [0.25, 0.3) is 17.2 Å². The van der Waals surface area contributed by atoms with Crippen molar-refractivity contribution >= 4 is 39.2 Å². The number of nitrogens with one attached hydrogen (secondary N) is 1. The molecule has 0 radical (unpaired) electrons. The van der Waals surface area contributed by atoms with Gasteiger partial charge in [-0.3, -0.25) is 20.1 Å². The number of carbonyl (C=O) groups excluding carboxylic acids is 1. The summed E-state index contributed by atoms with van der Waals surface area (Å²) in [6.07, 6.45) is 4.83. The van der Waals surface area contributed by atoms with Gasteiger partial charge >= 0.3 is 0 Å². The van der Waals surface area contributed by atoms with Crippen molar-refractivity contribution in [3.8, 4) is 16.9 Å². The number of rotatable bonds is 6. The van der Waals surface area contributed by atoms with Gasteiger partial charge in [-0.15, -0.1) is 0 Å². The molecule has 3 heterocycles. The van der Waals surface area contributed by atoms with Crippen LogP contribution in [0.1, 0.15) is 41.3 Å². The number of pyridine rings is 2. The van der Waals surface area contributed by atoms with Crippen LogP contribution in [0, 0.1) is 13.8 Å². The summed E-state index contributed by atoms with van der Waals surface area (Å²) < 4.78 is 5.47. The lowest BCUT2D eigenvalue weighted by Gasteiger charge is -2.13. The first-order chi connectivity index (χ1) is 14.3. The second kappa shape index (κ2) is 8.96. The van der Waals surface area contributed by atoms with E-state index in [9.17, 15) is 4.79 Å². The van der Waals surface area contributed by atoms with Gasteiger partial charge in [-0.1, -0.05) is 17.9 Å². The minimum Gasteiger partial charge on any atom is -0.494 e. The van der Waals surface area contributed by atoms with E-state index in [0.717, 1.165) is 22.7 Å². The van der Waals surface area contributed by atoms with Crippen LogP contribution in [0.2, 0.25) is 0 Å². The number of aliphatic imine (C=N–C) groups is 1. The molecule has 0 unspecified atom stereocenters. The van der Waals surface area contributed by atoms with Crippen LogP contribution >= 0.6 is 11.3 Å². The van der Waals surface area contributed by atoms with Crippen molar-refractivity contribution in [3.05, 3.63) is 53.8 Å². The van der Waals surface area contributed by atoms with Crippen LogP contribution in [-0.4, -0.2) is 33.7 Å². The van der Waals surface area contributed by atoms with E-state index < -0.39 is 0 Å². The number of amides is 1. The van der Waals surface area contributed by atoms with Crippen molar-refractivity contribution in [2.24, 2.45) is 4.99 Å². The second-order valence-electron chi connectivity index (χ2n) is 6.82. The predicted octanol–water partition coefficient (Wildman–Crippen LogP) is 5.23. The molecule has 154 valence electrons. The number of thiazole rings is 1. The molecule has 1 amide bonds. The van der Waals surface area contributed by atoms with Crippen molar-refractivity contribution < 1.29 is 9.53 Å². The lowest BCUT2D eigenvalue weighted by Crippen LogP contribution is -2.14. The number of aromatic nitrogens is 3. The molecule has 0 spiro atoms. The van der Waals surface area contributed by atoms with Crippen molar-refractivity contribution in [3.63, 3.8) is 0 Å². The summed E-state index contributed by atoms with van der Waals surface area (Å²) in [5.41, 5.74) is 5.03. The molecule has 3 aromatic rings. The fourth-order valence-corrected chi connectivity index (χ4v) is 3.77. The molecule has 0 aromatic carbocycles. The highest BCUT2D eigenvalue weighted by Crippen LogP contribution is 2.35. The molecule has 3 aromatic heterocycles. The number of aryl methyl sites for hydroxylation is 2. The Hall–Kier alpha value is -3.39. The maximum atomic E-state index is 13.1. The minimum absolute atomic E-state index is 0.317. The van der Waals surface area contributed by atoms with Gasteiger partial charge in [-0.05, 0) is 45.9 Å². The Kier molecular flexibility index (Phi) is 6.37. The van der Waals surface area contributed by atoms with E-state index in [1.165, 1.54) is 11.3 Å². The molecule has 8 heteroatoms. The van der Waals surface area contributed by atoms with Crippen molar-refractivity contribution in [1.82, 2.24) is 15.0 Å². The van der Waals surface area contributed by atoms with Gasteiger partial charge in [0.05, 0.1) is 18.9 Å². The Balaban J connectivity index is 2.03. The average molecular weight is 422 g/mol. The molecule has 0 bridgehead atoms. The maximum Gasteiger partial charge on any atom is 0.259 e. The summed E-state index contributed by atoms with van der Waals surface area (Å²) in [7, 11) is 1.58. The number of anilines is 1. The monoisotopic (exact) mass is 421 g/mol. The molecule has 7 nitrogen and oxygen atoms in total. The number of hydrogen-bond donors (Lipinski definition) is 1. The predicted molar refractivity (Wildman–Crippen MR) is 122 cm³/mol. The second-order valence-corrected chi connectivity index (χ2v) is 7.80. The van der Waals surface area contributed by atoms with Gasteiger partial charge in [0.2, 0.25) is 0 Å². The zero-order valence-electron chi connectivity index (χ0n) is 17.6. The molecule has 0 aliphatic heterocycles. The van der Waals surface area contributed by atoms with E-state index in [-0.39, 0.29) is 5.91 Å². The number of methoxy groups -OCH3 is 1. The van der Waals surface area contributed by atoms with Crippen molar-refractivity contribution in [2.45, 2.75) is 27.7 Å². The molecule has 1 N–H and O–H groups in total. The van der Waals surface area contributed by atoms with Gasteiger partial charge in [0.15, 0.2) is 5.13 Å². The van der Waals surface area contributed by atoms with Gasteiger partial charge < -0.3 is 4.74 Å². The standard InChI is InChI=1S/C22H23N5O2S/c1-7-18-21(25-12(2)3)30-22(26-18)27-20(28)17-10-23-13(4)8-15(17)16-9-14(5)24-11-19(16)29-6/h7-11H,1H2,2-6H3,(H,26,27,28). The molecule has 0 saturated heterocycles. The summed E-state index contributed by atoms with van der Waals surface area (Å²) in [6, 6.07) is 3.75. The summed E-state index contributed by atoms with van der Waals surface area (Å²) in [6.45, 7) is 11.3. The first-order valence-electron chi connectivity index (χ1n) is 9.26. The minimum atomic E-state index is -0.317. The van der Waals surface area contributed by atoms with E-state index in [4.69, 9.17) is 4.74 Å². The molecule has 0 saturated carbocycles. The lowest BCUT2D eigenvalue weighted by atomic mass is 9.99. The van der Waals surface area contributed by atoms with Gasteiger partial charge in [0, 0.05) is 34.4 Å². The number of hydrogen-bond acceptors (Lipinski definition) is 7. The van der Waals surface area contributed by atoms with Crippen LogP contribution in [-0.2, 0) is 0 Å². The lowest BCUT2D eigenvalue weighted by molar-refractivity contribution is 0.102. The molecule has 30 heavy (non-hydrogen) atoms. The van der Waals surface area contributed by atoms with Gasteiger partial charge in [0.25, 0.3) is 5.91 Å². The summed E-state index contributed by atoms with van der Waals surface area (Å²) in [5.74, 6) is 0.264. The molecule has 0 atom stereocenters. The highest BCUT2D eigenvalue weighted by Gasteiger charge is 2.19.